The van der Waals surface area contributed by atoms with Gasteiger partial charge in [0.1, 0.15) is 5.82 Å². The maximum atomic E-state index is 13.7. The molecule has 3 aromatic rings. The molecule has 2 aliphatic rings. The third-order valence-electron chi connectivity index (χ3n) is 6.76. The van der Waals surface area contributed by atoms with Crippen LogP contribution < -0.4 is 15.4 Å². The van der Waals surface area contributed by atoms with E-state index in [1.165, 1.54) is 12.1 Å². The van der Waals surface area contributed by atoms with Gasteiger partial charge in [-0.25, -0.2) is 17.9 Å². The first kappa shape index (κ1) is 24.8. The van der Waals surface area contributed by atoms with Crippen LogP contribution >= 0.6 is 11.6 Å². The van der Waals surface area contributed by atoms with Crippen LogP contribution in [-0.2, 0) is 10.0 Å². The van der Waals surface area contributed by atoms with E-state index >= 15 is 0 Å². The van der Waals surface area contributed by atoms with Crippen LogP contribution in [0.25, 0.3) is 5.65 Å². The summed E-state index contributed by atoms with van der Waals surface area (Å²) in [7, 11) is -3.58. The fraction of sp³-hybridized carbons (Fsp3) is 0.458. The fourth-order valence-electron chi connectivity index (χ4n) is 5.10. The number of benzene rings is 1. The zero-order valence-electron chi connectivity index (χ0n) is 20.3. The summed E-state index contributed by atoms with van der Waals surface area (Å²) in [6.07, 6.45) is 6.51. The van der Waals surface area contributed by atoms with Crippen LogP contribution in [-0.4, -0.2) is 65.8 Å². The zero-order valence-corrected chi connectivity index (χ0v) is 21.9. The Morgan fingerprint density at radius 1 is 1.19 bits per heavy atom. The lowest BCUT2D eigenvalue weighted by Gasteiger charge is -2.35. The van der Waals surface area contributed by atoms with Crippen molar-refractivity contribution in [2.24, 2.45) is 5.73 Å². The van der Waals surface area contributed by atoms with Crippen molar-refractivity contribution in [3.63, 3.8) is 0 Å². The minimum absolute atomic E-state index is 0.151. The number of hydrogen-bond donors (Lipinski definition) is 2. The highest BCUT2D eigenvalue weighted by atomic mass is 35.5. The van der Waals surface area contributed by atoms with Crippen LogP contribution in [0, 0.1) is 6.92 Å². The zero-order chi connectivity index (χ0) is 25.6. The summed E-state index contributed by atoms with van der Waals surface area (Å²) in [6, 6.07) is 6.40. The SMILES string of the molecule is Cc1cn2nc(C3CCCCN3C(=O)c3cc(Cl)ccc3NS(C)(=O)=O)cc2nc1N1CC[C@H](N)C1. The highest BCUT2D eigenvalue weighted by Crippen LogP contribution is 2.34. The third-order valence-corrected chi connectivity index (χ3v) is 7.59. The molecule has 5 rings (SSSR count). The van der Waals surface area contributed by atoms with Crippen molar-refractivity contribution < 1.29 is 13.2 Å². The lowest BCUT2D eigenvalue weighted by atomic mass is 9.98. The van der Waals surface area contributed by atoms with Crippen molar-refractivity contribution in [1.29, 1.82) is 0 Å². The second kappa shape index (κ2) is 9.53. The average molecular weight is 532 g/mol. The van der Waals surface area contributed by atoms with Gasteiger partial charge in [0.25, 0.3) is 5.91 Å². The van der Waals surface area contributed by atoms with E-state index in [9.17, 15) is 13.2 Å². The van der Waals surface area contributed by atoms with E-state index in [-0.39, 0.29) is 29.2 Å². The lowest BCUT2D eigenvalue weighted by molar-refractivity contribution is 0.0607. The second-order valence-electron chi connectivity index (χ2n) is 9.69. The quantitative estimate of drug-likeness (QED) is 0.518. The molecule has 3 N–H and O–H groups in total. The number of nitrogens with zero attached hydrogens (tertiary/aromatic N) is 5. The minimum atomic E-state index is -3.58. The molecule has 2 fully saturated rings. The first-order valence-corrected chi connectivity index (χ1v) is 14.3. The number of carbonyl (C=O) groups is 1. The average Bonchev–Trinajstić information content (AvgIpc) is 3.44. The summed E-state index contributed by atoms with van der Waals surface area (Å²) >= 11 is 6.19. The van der Waals surface area contributed by atoms with Crippen LogP contribution in [0.5, 0.6) is 0 Å². The minimum Gasteiger partial charge on any atom is -0.355 e. The summed E-state index contributed by atoms with van der Waals surface area (Å²) in [5, 5.41) is 5.14. The van der Waals surface area contributed by atoms with Gasteiger partial charge in [-0.15, -0.1) is 0 Å². The van der Waals surface area contributed by atoms with Gasteiger partial charge in [0, 0.05) is 48.5 Å². The lowest BCUT2D eigenvalue weighted by Crippen LogP contribution is -2.39. The number of sulfonamides is 1. The number of halogens is 1. The Morgan fingerprint density at radius 2 is 2.00 bits per heavy atom. The predicted molar refractivity (Wildman–Crippen MR) is 140 cm³/mol. The number of likely N-dealkylation sites (tertiary alicyclic amines) is 1. The summed E-state index contributed by atoms with van der Waals surface area (Å²) < 4.78 is 28.0. The normalized spacial score (nSPS) is 20.8. The molecule has 0 radical (unpaired) electrons. The van der Waals surface area contributed by atoms with Gasteiger partial charge >= 0.3 is 0 Å². The molecule has 1 aromatic carbocycles. The maximum absolute atomic E-state index is 13.7. The Bertz CT molecular complexity index is 1420. The van der Waals surface area contributed by atoms with Crippen LogP contribution in [0.4, 0.5) is 11.5 Å². The first-order valence-electron chi connectivity index (χ1n) is 12.0. The summed E-state index contributed by atoms with van der Waals surface area (Å²) in [4.78, 5) is 22.6. The Kier molecular flexibility index (Phi) is 6.56. The Hall–Kier alpha value is -2.89. The molecule has 1 amide bonds. The molecular formula is C24H30ClN7O3S. The van der Waals surface area contributed by atoms with Crippen molar-refractivity contribution in [3.05, 3.63) is 52.3 Å². The molecule has 2 aliphatic heterocycles. The molecule has 10 nitrogen and oxygen atoms in total. The number of aryl methyl sites for hydroxylation is 1. The van der Waals surface area contributed by atoms with Crippen LogP contribution in [0.15, 0.2) is 30.5 Å². The number of piperidine rings is 1. The molecule has 2 aromatic heterocycles. The summed E-state index contributed by atoms with van der Waals surface area (Å²) in [5.41, 5.74) is 9.00. The van der Waals surface area contributed by atoms with Gasteiger partial charge in [0.2, 0.25) is 10.0 Å². The van der Waals surface area contributed by atoms with E-state index in [0.717, 1.165) is 62.1 Å². The monoisotopic (exact) mass is 531 g/mol. The van der Waals surface area contributed by atoms with E-state index in [1.54, 1.807) is 15.5 Å². The molecule has 0 spiro atoms. The van der Waals surface area contributed by atoms with Crippen LogP contribution in [0.2, 0.25) is 5.02 Å². The highest BCUT2D eigenvalue weighted by molar-refractivity contribution is 7.92. The van der Waals surface area contributed by atoms with Crippen LogP contribution in [0.3, 0.4) is 0 Å². The molecule has 2 atom stereocenters. The van der Waals surface area contributed by atoms with Crippen molar-refractivity contribution in [1.82, 2.24) is 19.5 Å². The Labute approximate surface area is 215 Å². The Balaban J connectivity index is 1.49. The van der Waals surface area contributed by atoms with Crippen molar-refractivity contribution in [3.8, 4) is 0 Å². The summed E-state index contributed by atoms with van der Waals surface area (Å²) in [6.45, 7) is 4.20. The van der Waals surface area contributed by atoms with Crippen molar-refractivity contribution in [2.45, 2.75) is 44.7 Å². The van der Waals surface area contributed by atoms with Crippen LogP contribution in [0.1, 0.15) is 53.3 Å². The maximum Gasteiger partial charge on any atom is 0.256 e. The number of aromatic nitrogens is 3. The molecule has 1 unspecified atom stereocenters. The number of fused-ring (bicyclic) bond motifs is 1. The van der Waals surface area contributed by atoms with Crippen molar-refractivity contribution in [2.75, 3.05) is 35.5 Å². The largest absolute Gasteiger partial charge is 0.355 e. The van der Waals surface area contributed by atoms with E-state index in [4.69, 9.17) is 27.4 Å². The number of amides is 1. The number of carbonyl (C=O) groups excluding carboxylic acids is 1. The van der Waals surface area contributed by atoms with Gasteiger partial charge in [-0.05, 0) is 50.8 Å². The molecule has 4 heterocycles. The van der Waals surface area contributed by atoms with Gasteiger partial charge in [-0.3, -0.25) is 9.52 Å². The molecule has 12 heteroatoms. The van der Waals surface area contributed by atoms with Gasteiger partial charge in [0.15, 0.2) is 5.65 Å². The second-order valence-corrected chi connectivity index (χ2v) is 11.9. The van der Waals surface area contributed by atoms with Gasteiger partial charge < -0.3 is 15.5 Å². The predicted octanol–water partition coefficient (Wildman–Crippen LogP) is 2.97. The molecule has 2 saturated heterocycles. The number of nitrogens with two attached hydrogens (primary N) is 1. The Morgan fingerprint density at radius 3 is 2.72 bits per heavy atom. The standard InChI is InChI=1S/C24H30ClN7O3S/c1-15-13-32-22(27-23(15)30-10-8-17(26)14-30)12-20(28-32)21-5-3-4-9-31(21)24(33)18-11-16(25)6-7-19(18)29-36(2,34)35/h6-7,11-13,17,21,29H,3-5,8-10,14,26H2,1-2H3/t17-,21?/m0/s1. The topological polar surface area (TPSA) is 126 Å². The molecule has 0 aliphatic carbocycles. The van der Waals surface area contributed by atoms with E-state index in [2.05, 4.69) is 9.62 Å². The molecule has 36 heavy (non-hydrogen) atoms. The van der Waals surface area contributed by atoms with Gasteiger partial charge in [-0.1, -0.05) is 11.6 Å². The molecule has 0 bridgehead atoms. The molecule has 192 valence electrons. The van der Waals surface area contributed by atoms with E-state index in [1.807, 2.05) is 19.2 Å². The number of nitrogens with one attached hydrogen (secondary N) is 1. The highest BCUT2D eigenvalue weighted by Gasteiger charge is 2.32. The molecule has 0 saturated carbocycles. The van der Waals surface area contributed by atoms with E-state index in [0.29, 0.717) is 17.2 Å². The van der Waals surface area contributed by atoms with Crippen molar-refractivity contribution >= 4 is 44.7 Å². The number of hydrogen-bond acceptors (Lipinski definition) is 7. The number of anilines is 2. The smallest absolute Gasteiger partial charge is 0.256 e. The third kappa shape index (κ3) is 5.00. The molecular weight excluding hydrogens is 502 g/mol. The van der Waals surface area contributed by atoms with Gasteiger partial charge in [-0.2, -0.15) is 5.10 Å². The fourth-order valence-corrected chi connectivity index (χ4v) is 5.85. The number of rotatable bonds is 5. The summed E-state index contributed by atoms with van der Waals surface area (Å²) in [5.74, 6) is 0.621. The van der Waals surface area contributed by atoms with Gasteiger partial charge in [0.05, 0.1) is 29.2 Å². The van der Waals surface area contributed by atoms with E-state index < -0.39 is 10.0 Å². The first-order chi connectivity index (χ1) is 17.1.